The number of anilines is 1. The first kappa shape index (κ1) is 18.7. The Morgan fingerprint density at radius 2 is 1.72 bits per heavy atom. The zero-order chi connectivity index (χ0) is 19.1. The van der Waals surface area contributed by atoms with E-state index in [2.05, 4.69) is 15.5 Å². The Bertz CT molecular complexity index is 823. The zero-order valence-electron chi connectivity index (χ0n) is 16.1. The predicted molar refractivity (Wildman–Crippen MR) is 95.8 cm³/mol. The highest BCUT2D eigenvalue weighted by atomic mass is 16.2. The number of nitrogens with one attached hydrogen (secondary N) is 1. The third-order valence-corrected chi connectivity index (χ3v) is 4.06. The van der Waals surface area contributed by atoms with Crippen molar-refractivity contribution in [2.24, 2.45) is 14.1 Å². The number of nitrogens with zero attached hydrogens (tertiary/aromatic N) is 5. The quantitative estimate of drug-likeness (QED) is 0.917. The molecule has 25 heavy (non-hydrogen) atoms. The topological polar surface area (TPSA) is 85.1 Å². The van der Waals surface area contributed by atoms with Crippen molar-refractivity contribution in [3.05, 3.63) is 28.8 Å². The van der Waals surface area contributed by atoms with E-state index in [9.17, 15) is 9.59 Å². The molecular weight excluding hydrogens is 320 g/mol. The van der Waals surface area contributed by atoms with Crippen molar-refractivity contribution >= 4 is 17.5 Å². The van der Waals surface area contributed by atoms with Gasteiger partial charge in [-0.05, 0) is 13.0 Å². The number of carbonyl (C=O) groups excluding carboxylic acids is 2. The van der Waals surface area contributed by atoms with Crippen molar-refractivity contribution in [2.45, 2.75) is 33.1 Å². The molecule has 0 atom stereocenters. The molecule has 0 radical (unpaired) electrons. The molecule has 1 N–H and O–H groups in total. The third kappa shape index (κ3) is 3.57. The molecule has 2 aromatic rings. The molecule has 0 aliphatic carbocycles. The van der Waals surface area contributed by atoms with Gasteiger partial charge in [0, 0.05) is 33.6 Å². The van der Waals surface area contributed by atoms with Gasteiger partial charge in [0.1, 0.15) is 5.69 Å². The van der Waals surface area contributed by atoms with Crippen LogP contribution in [0.5, 0.6) is 0 Å². The van der Waals surface area contributed by atoms with E-state index in [1.807, 2.05) is 20.8 Å². The molecular formula is C17H26N6O2. The first-order valence-corrected chi connectivity index (χ1v) is 8.04. The van der Waals surface area contributed by atoms with Crippen LogP contribution in [0, 0.1) is 6.92 Å². The largest absolute Gasteiger partial charge is 0.343 e. The van der Waals surface area contributed by atoms with Crippen molar-refractivity contribution in [1.82, 2.24) is 24.5 Å². The van der Waals surface area contributed by atoms with E-state index >= 15 is 0 Å². The first-order chi connectivity index (χ1) is 11.4. The molecule has 8 heteroatoms. The van der Waals surface area contributed by atoms with Gasteiger partial charge in [-0.15, -0.1) is 0 Å². The van der Waals surface area contributed by atoms with Crippen LogP contribution in [0.1, 0.15) is 53.1 Å². The van der Waals surface area contributed by atoms with Gasteiger partial charge in [0.2, 0.25) is 0 Å². The van der Waals surface area contributed by atoms with E-state index < -0.39 is 0 Å². The van der Waals surface area contributed by atoms with E-state index in [4.69, 9.17) is 0 Å². The van der Waals surface area contributed by atoms with E-state index in [0.717, 1.165) is 5.69 Å². The summed E-state index contributed by atoms with van der Waals surface area (Å²) < 4.78 is 3.13. The van der Waals surface area contributed by atoms with E-state index in [0.29, 0.717) is 17.1 Å². The molecule has 0 aliphatic heterocycles. The van der Waals surface area contributed by atoms with Crippen molar-refractivity contribution < 1.29 is 9.59 Å². The number of aromatic nitrogens is 4. The van der Waals surface area contributed by atoms with E-state index in [1.165, 1.54) is 4.90 Å². The summed E-state index contributed by atoms with van der Waals surface area (Å²) in [5, 5.41) is 11.5. The highest BCUT2D eigenvalue weighted by Crippen LogP contribution is 2.24. The Morgan fingerprint density at radius 3 is 2.20 bits per heavy atom. The number of aryl methyl sites for hydroxylation is 2. The standard InChI is InChI=1S/C17H26N6O2/c1-10-13(14(20-22(10)7)16(25)21(5)6)18-15(24)11-9-12(17(2,3)4)19-23(11)8/h9H,1-8H3,(H,18,24). The van der Waals surface area contributed by atoms with Gasteiger partial charge in [0.15, 0.2) is 5.69 Å². The lowest BCUT2D eigenvalue weighted by molar-refractivity contribution is 0.0822. The lowest BCUT2D eigenvalue weighted by atomic mass is 9.92. The molecule has 2 heterocycles. The maximum absolute atomic E-state index is 12.7. The maximum Gasteiger partial charge on any atom is 0.276 e. The monoisotopic (exact) mass is 346 g/mol. The molecule has 0 aromatic carbocycles. The van der Waals surface area contributed by atoms with Gasteiger partial charge in [-0.3, -0.25) is 19.0 Å². The molecule has 0 unspecified atom stereocenters. The van der Waals surface area contributed by atoms with Crippen LogP contribution in [0.25, 0.3) is 0 Å². The Morgan fingerprint density at radius 1 is 1.12 bits per heavy atom. The van der Waals surface area contributed by atoms with Crippen molar-refractivity contribution in [3.63, 3.8) is 0 Å². The van der Waals surface area contributed by atoms with Gasteiger partial charge in [-0.1, -0.05) is 20.8 Å². The minimum atomic E-state index is -0.325. The molecule has 0 saturated carbocycles. The lowest BCUT2D eigenvalue weighted by Gasteiger charge is -2.13. The predicted octanol–water partition coefficient (Wildman–Crippen LogP) is 1.71. The Balaban J connectivity index is 2.39. The lowest BCUT2D eigenvalue weighted by Crippen LogP contribution is -2.24. The SMILES string of the molecule is Cc1c(NC(=O)c2cc(C(C)(C)C)nn2C)c(C(=O)N(C)C)nn1C. The number of hydrogen-bond donors (Lipinski definition) is 1. The van der Waals surface area contributed by atoms with Crippen LogP contribution in [0.15, 0.2) is 6.07 Å². The van der Waals surface area contributed by atoms with Gasteiger partial charge in [-0.2, -0.15) is 10.2 Å². The number of carbonyl (C=O) groups is 2. The van der Waals surface area contributed by atoms with Gasteiger partial charge >= 0.3 is 0 Å². The van der Waals surface area contributed by atoms with Crippen molar-refractivity contribution in [2.75, 3.05) is 19.4 Å². The summed E-state index contributed by atoms with van der Waals surface area (Å²) in [5.74, 6) is -0.589. The van der Waals surface area contributed by atoms with Crippen LogP contribution in [0.3, 0.4) is 0 Å². The average molecular weight is 346 g/mol. The van der Waals surface area contributed by atoms with Crippen LogP contribution in [-0.2, 0) is 19.5 Å². The van der Waals surface area contributed by atoms with Crippen molar-refractivity contribution in [1.29, 1.82) is 0 Å². The number of rotatable bonds is 3. The molecule has 2 amide bonds. The smallest absolute Gasteiger partial charge is 0.276 e. The van der Waals surface area contributed by atoms with Crippen LogP contribution in [0.2, 0.25) is 0 Å². The van der Waals surface area contributed by atoms with Crippen LogP contribution >= 0.6 is 0 Å². The summed E-state index contributed by atoms with van der Waals surface area (Å²) >= 11 is 0. The summed E-state index contributed by atoms with van der Waals surface area (Å²) in [6.07, 6.45) is 0. The maximum atomic E-state index is 12.7. The van der Waals surface area contributed by atoms with Crippen LogP contribution < -0.4 is 5.32 Å². The van der Waals surface area contributed by atoms with Crippen LogP contribution in [-0.4, -0.2) is 50.4 Å². The molecule has 2 aromatic heterocycles. The van der Waals surface area contributed by atoms with Gasteiger partial charge < -0.3 is 10.2 Å². The Kier molecular flexibility index (Phi) is 4.74. The summed E-state index contributed by atoms with van der Waals surface area (Å²) in [6, 6.07) is 1.77. The molecule has 8 nitrogen and oxygen atoms in total. The molecule has 2 rings (SSSR count). The second-order valence-corrected chi connectivity index (χ2v) is 7.37. The fourth-order valence-electron chi connectivity index (χ4n) is 2.34. The third-order valence-electron chi connectivity index (χ3n) is 4.06. The first-order valence-electron chi connectivity index (χ1n) is 8.04. The van der Waals surface area contributed by atoms with Gasteiger partial charge in [0.05, 0.1) is 17.1 Å². The number of hydrogen-bond acceptors (Lipinski definition) is 4. The summed E-state index contributed by atoms with van der Waals surface area (Å²) in [6.45, 7) is 7.92. The average Bonchev–Trinajstić information content (AvgIpc) is 3.01. The Labute approximate surface area is 147 Å². The van der Waals surface area contributed by atoms with E-state index in [1.54, 1.807) is 50.5 Å². The minimum absolute atomic E-state index is 0.160. The van der Waals surface area contributed by atoms with Crippen LogP contribution in [0.4, 0.5) is 5.69 Å². The normalized spacial score (nSPS) is 11.5. The molecule has 0 saturated heterocycles. The van der Waals surface area contributed by atoms with E-state index in [-0.39, 0.29) is 22.9 Å². The minimum Gasteiger partial charge on any atom is -0.343 e. The summed E-state index contributed by atoms with van der Waals surface area (Å²) in [7, 11) is 6.76. The highest BCUT2D eigenvalue weighted by molar-refractivity contribution is 6.08. The highest BCUT2D eigenvalue weighted by Gasteiger charge is 2.26. The second kappa shape index (κ2) is 6.34. The molecule has 0 fully saturated rings. The fourth-order valence-corrected chi connectivity index (χ4v) is 2.34. The summed E-state index contributed by atoms with van der Waals surface area (Å²) in [4.78, 5) is 26.5. The molecule has 0 bridgehead atoms. The Hall–Kier alpha value is -2.64. The molecule has 0 spiro atoms. The number of amides is 2. The van der Waals surface area contributed by atoms with Gasteiger partial charge in [-0.25, -0.2) is 0 Å². The summed E-state index contributed by atoms with van der Waals surface area (Å²) in [5.41, 5.74) is 2.44. The molecule has 0 aliphatic rings. The molecule has 136 valence electrons. The van der Waals surface area contributed by atoms with Gasteiger partial charge in [0.25, 0.3) is 11.8 Å². The zero-order valence-corrected chi connectivity index (χ0v) is 16.1. The van der Waals surface area contributed by atoms with Crippen molar-refractivity contribution in [3.8, 4) is 0 Å². The second-order valence-electron chi connectivity index (χ2n) is 7.37. The fraction of sp³-hybridized carbons (Fsp3) is 0.529.